The van der Waals surface area contributed by atoms with E-state index in [1.54, 1.807) is 6.07 Å². The van der Waals surface area contributed by atoms with Crippen LogP contribution >= 0.6 is 11.6 Å². The van der Waals surface area contributed by atoms with Crippen LogP contribution in [0.2, 0.25) is 5.02 Å². The van der Waals surface area contributed by atoms with E-state index in [0.29, 0.717) is 0 Å². The van der Waals surface area contributed by atoms with Crippen LogP contribution in [0.3, 0.4) is 0 Å². The minimum Gasteiger partial charge on any atom is -0.468 e. The summed E-state index contributed by atoms with van der Waals surface area (Å²) in [6.07, 6.45) is -3.29. The number of benzene rings is 2. The van der Waals surface area contributed by atoms with Gasteiger partial charge in [-0.25, -0.2) is 12.8 Å². The molecule has 0 aliphatic rings. The maximum absolute atomic E-state index is 14.1. The van der Waals surface area contributed by atoms with Crippen LogP contribution in [0.1, 0.15) is 16.9 Å². The lowest BCUT2D eigenvalue weighted by atomic mass is 10.1. The molecule has 1 aromatic heterocycles. The average Bonchev–Trinajstić information content (AvgIpc) is 3.13. The van der Waals surface area contributed by atoms with Crippen LogP contribution in [-0.4, -0.2) is 12.7 Å². The third-order valence-electron chi connectivity index (χ3n) is 4.06. The van der Waals surface area contributed by atoms with Crippen molar-refractivity contribution in [3.8, 4) is 0 Å². The van der Waals surface area contributed by atoms with Gasteiger partial charge in [0.25, 0.3) is 0 Å². The Balaban J connectivity index is 1.99. The van der Waals surface area contributed by atoms with E-state index in [1.165, 1.54) is 24.5 Å². The van der Waals surface area contributed by atoms with Gasteiger partial charge in [-0.2, -0.15) is 17.5 Å². The molecule has 1 heterocycles. The molecule has 2 aromatic carbocycles. The van der Waals surface area contributed by atoms with Crippen LogP contribution < -0.4 is 0 Å². The Bertz CT molecular complexity index is 1100. The van der Waals surface area contributed by atoms with Crippen molar-refractivity contribution >= 4 is 21.6 Å². The number of alkyl halides is 3. The molecule has 0 radical (unpaired) electrons. The van der Waals surface area contributed by atoms with Crippen LogP contribution in [0.5, 0.6) is 0 Å². The lowest BCUT2D eigenvalue weighted by Crippen LogP contribution is -2.30. The second-order valence-electron chi connectivity index (χ2n) is 6.09. The minimum atomic E-state index is -4.64. The van der Waals surface area contributed by atoms with Gasteiger partial charge in [0.2, 0.25) is 10.0 Å². The molecule has 0 aliphatic heterocycles. The molecule has 0 fully saturated rings. The third-order valence-corrected chi connectivity index (χ3v) is 6.20. The molecule has 0 saturated carbocycles. The Hall–Kier alpha value is -2.36. The molecule has 0 atom stereocenters. The van der Waals surface area contributed by atoms with E-state index in [2.05, 4.69) is 0 Å². The molecule has 0 aliphatic carbocycles. The fourth-order valence-electron chi connectivity index (χ4n) is 2.69. The zero-order chi connectivity index (χ0) is 21.2. The van der Waals surface area contributed by atoms with Crippen molar-refractivity contribution < 1.29 is 30.4 Å². The normalized spacial score (nSPS) is 12.5. The van der Waals surface area contributed by atoms with E-state index in [0.717, 1.165) is 34.6 Å². The molecule has 0 unspecified atom stereocenters. The summed E-state index contributed by atoms with van der Waals surface area (Å²) in [5, 5.41) is -0.559. The van der Waals surface area contributed by atoms with Gasteiger partial charge in [0.05, 0.1) is 23.4 Å². The predicted molar refractivity (Wildman–Crippen MR) is 98.0 cm³/mol. The first-order chi connectivity index (χ1) is 13.6. The zero-order valence-electron chi connectivity index (χ0n) is 14.7. The Morgan fingerprint density at radius 3 is 2.31 bits per heavy atom. The second kappa shape index (κ2) is 8.17. The Morgan fingerprint density at radius 1 is 1.00 bits per heavy atom. The summed E-state index contributed by atoms with van der Waals surface area (Å²) in [5.41, 5.74) is -0.827. The molecule has 3 rings (SSSR count). The smallest absolute Gasteiger partial charge is 0.417 e. The van der Waals surface area contributed by atoms with Gasteiger partial charge in [-0.05, 0) is 42.0 Å². The Labute approximate surface area is 169 Å². The molecule has 4 nitrogen and oxygen atoms in total. The van der Waals surface area contributed by atoms with E-state index in [-0.39, 0.29) is 24.4 Å². The molecular weight excluding hydrogens is 434 g/mol. The van der Waals surface area contributed by atoms with E-state index in [1.807, 2.05) is 0 Å². The number of hydrogen-bond donors (Lipinski definition) is 0. The maximum Gasteiger partial charge on any atom is 0.417 e. The second-order valence-corrected chi connectivity index (χ2v) is 8.41. The van der Waals surface area contributed by atoms with Crippen molar-refractivity contribution in [1.82, 2.24) is 4.31 Å². The van der Waals surface area contributed by atoms with Crippen molar-refractivity contribution in [1.29, 1.82) is 0 Å². The molecule has 0 spiro atoms. The molecular formula is C19H14ClF4NO3S. The molecule has 3 aromatic rings. The SMILES string of the molecule is O=S(=O)(c1ccccc1F)N(Cc1ccc(C(F)(F)F)c(Cl)c1)Cc1ccco1. The number of furan rings is 1. The Morgan fingerprint density at radius 2 is 1.72 bits per heavy atom. The fraction of sp³-hybridized carbons (Fsp3) is 0.158. The van der Waals surface area contributed by atoms with E-state index < -0.39 is 37.5 Å². The maximum atomic E-state index is 14.1. The summed E-state index contributed by atoms with van der Waals surface area (Å²) in [4.78, 5) is -0.551. The van der Waals surface area contributed by atoms with Crippen molar-refractivity contribution in [2.45, 2.75) is 24.2 Å². The standard InChI is InChI=1S/C19H14ClF4NO3S/c20-16-10-13(7-8-15(16)19(22,23)24)11-25(12-14-4-3-9-28-14)29(26,27)18-6-2-1-5-17(18)21/h1-10H,11-12H2. The molecule has 29 heavy (non-hydrogen) atoms. The lowest BCUT2D eigenvalue weighted by Gasteiger charge is -2.22. The summed E-state index contributed by atoms with van der Waals surface area (Å²) in [7, 11) is -4.32. The lowest BCUT2D eigenvalue weighted by molar-refractivity contribution is -0.137. The number of sulfonamides is 1. The quantitative estimate of drug-likeness (QED) is 0.470. The molecule has 0 N–H and O–H groups in total. The largest absolute Gasteiger partial charge is 0.468 e. The predicted octanol–water partition coefficient (Wildman–Crippen LogP) is 5.48. The van der Waals surface area contributed by atoms with Gasteiger partial charge in [0.1, 0.15) is 16.5 Å². The Kier molecular flexibility index (Phi) is 6.02. The summed E-state index contributed by atoms with van der Waals surface area (Å²) in [6, 6.07) is 10.9. The van der Waals surface area contributed by atoms with Crippen molar-refractivity contribution in [3.63, 3.8) is 0 Å². The highest BCUT2D eigenvalue weighted by atomic mass is 35.5. The van der Waals surface area contributed by atoms with E-state index in [9.17, 15) is 26.0 Å². The molecule has 10 heteroatoms. The summed E-state index contributed by atoms with van der Waals surface area (Å²) in [5.74, 6) is -0.662. The van der Waals surface area contributed by atoms with E-state index >= 15 is 0 Å². The van der Waals surface area contributed by atoms with Crippen molar-refractivity contribution in [2.24, 2.45) is 0 Å². The molecule has 0 saturated heterocycles. The summed E-state index contributed by atoms with van der Waals surface area (Å²) < 4.78 is 85.0. The van der Waals surface area contributed by atoms with Crippen molar-refractivity contribution in [2.75, 3.05) is 0 Å². The summed E-state index contributed by atoms with van der Waals surface area (Å²) >= 11 is 5.73. The first-order valence-electron chi connectivity index (χ1n) is 8.22. The molecule has 154 valence electrons. The van der Waals surface area contributed by atoms with Gasteiger partial charge in [-0.1, -0.05) is 29.8 Å². The van der Waals surface area contributed by atoms with Crippen LogP contribution in [-0.2, 0) is 29.3 Å². The number of halogens is 5. The average molecular weight is 448 g/mol. The van der Waals surface area contributed by atoms with Gasteiger partial charge in [0, 0.05) is 6.54 Å². The zero-order valence-corrected chi connectivity index (χ0v) is 16.2. The number of nitrogens with zero attached hydrogens (tertiary/aromatic N) is 1. The van der Waals surface area contributed by atoms with Gasteiger partial charge < -0.3 is 4.42 Å². The number of hydrogen-bond acceptors (Lipinski definition) is 3. The van der Waals surface area contributed by atoms with Crippen LogP contribution in [0, 0.1) is 5.82 Å². The highest BCUT2D eigenvalue weighted by Gasteiger charge is 2.34. The third kappa shape index (κ3) is 4.80. The van der Waals surface area contributed by atoms with Gasteiger partial charge in [-0.15, -0.1) is 0 Å². The summed E-state index contributed by atoms with van der Waals surface area (Å²) in [6.45, 7) is -0.586. The van der Waals surface area contributed by atoms with Crippen LogP contribution in [0.15, 0.2) is 70.2 Å². The van der Waals surface area contributed by atoms with Gasteiger partial charge in [0.15, 0.2) is 0 Å². The molecule has 0 bridgehead atoms. The highest BCUT2D eigenvalue weighted by molar-refractivity contribution is 7.89. The topological polar surface area (TPSA) is 50.5 Å². The van der Waals surface area contributed by atoms with Crippen LogP contribution in [0.25, 0.3) is 0 Å². The monoisotopic (exact) mass is 447 g/mol. The van der Waals surface area contributed by atoms with Crippen molar-refractivity contribution in [3.05, 3.63) is 88.6 Å². The first-order valence-corrected chi connectivity index (χ1v) is 10.0. The molecule has 0 amide bonds. The number of rotatable bonds is 6. The first kappa shape index (κ1) is 21.4. The van der Waals surface area contributed by atoms with E-state index in [4.69, 9.17) is 16.0 Å². The minimum absolute atomic E-state index is 0.203. The fourth-order valence-corrected chi connectivity index (χ4v) is 4.46. The highest BCUT2D eigenvalue weighted by Crippen LogP contribution is 2.35. The van der Waals surface area contributed by atoms with Gasteiger partial charge in [-0.3, -0.25) is 0 Å². The van der Waals surface area contributed by atoms with Gasteiger partial charge >= 0.3 is 6.18 Å². The van der Waals surface area contributed by atoms with Crippen LogP contribution in [0.4, 0.5) is 17.6 Å².